The summed E-state index contributed by atoms with van der Waals surface area (Å²) in [4.78, 5) is 33.7. The molecule has 0 bridgehead atoms. The van der Waals surface area contributed by atoms with E-state index in [-0.39, 0.29) is 17.7 Å². The van der Waals surface area contributed by atoms with Crippen LogP contribution < -0.4 is 21.7 Å². The molecule has 0 aliphatic heterocycles. The van der Waals surface area contributed by atoms with E-state index in [1.165, 1.54) is 0 Å². The van der Waals surface area contributed by atoms with Crippen molar-refractivity contribution in [1.82, 2.24) is 20.3 Å². The minimum absolute atomic E-state index is 0.0448. The molecule has 152 valence electrons. The fraction of sp³-hybridized carbons (Fsp3) is 0.100. The smallest absolute Gasteiger partial charge is 0.408 e. The number of nitrogens with one attached hydrogen (secondary N) is 4. The van der Waals surface area contributed by atoms with Crippen LogP contribution in [0, 0.1) is 5.82 Å². The number of benzene rings is 2. The number of anilines is 4. The molecule has 2 aromatic carbocycles. The van der Waals surface area contributed by atoms with Crippen LogP contribution in [0.3, 0.4) is 0 Å². The van der Waals surface area contributed by atoms with Crippen molar-refractivity contribution >= 4 is 40.1 Å². The van der Waals surface area contributed by atoms with Crippen molar-refractivity contribution < 1.29 is 13.6 Å². The third-order valence-electron chi connectivity index (χ3n) is 4.17. The van der Waals surface area contributed by atoms with Crippen LogP contribution in [0.15, 0.2) is 57.9 Å². The van der Waals surface area contributed by atoms with Crippen LogP contribution in [0.25, 0.3) is 11.1 Å². The molecule has 0 saturated carbocycles. The average molecular weight is 408 g/mol. The van der Waals surface area contributed by atoms with Gasteiger partial charge in [0.15, 0.2) is 17.2 Å². The number of amides is 1. The van der Waals surface area contributed by atoms with Gasteiger partial charge in [-0.05, 0) is 49.4 Å². The van der Waals surface area contributed by atoms with E-state index in [0.717, 1.165) is 6.20 Å². The summed E-state index contributed by atoms with van der Waals surface area (Å²) in [6, 6.07) is 11.6. The molecule has 10 heteroatoms. The minimum Gasteiger partial charge on any atom is -0.408 e. The minimum atomic E-state index is -0.645. The molecule has 0 aliphatic carbocycles. The molecule has 2 heterocycles. The van der Waals surface area contributed by atoms with Crippen LogP contribution in [0.1, 0.15) is 17.3 Å². The first-order chi connectivity index (χ1) is 14.5. The molecule has 1 amide bonds. The Balaban J connectivity index is 1.52. The van der Waals surface area contributed by atoms with Gasteiger partial charge in [-0.2, -0.15) is 4.98 Å². The molecule has 4 aromatic rings. The molecule has 30 heavy (non-hydrogen) atoms. The van der Waals surface area contributed by atoms with Crippen LogP contribution in [0.4, 0.5) is 27.5 Å². The van der Waals surface area contributed by atoms with Crippen molar-refractivity contribution in [3.63, 3.8) is 0 Å². The maximum Gasteiger partial charge on any atom is 0.417 e. The van der Waals surface area contributed by atoms with Crippen molar-refractivity contribution in [3.05, 3.63) is 70.6 Å². The number of hydrogen-bond donors (Lipinski definition) is 4. The maximum atomic E-state index is 14.2. The number of aromatic amines is 1. The van der Waals surface area contributed by atoms with Crippen molar-refractivity contribution in [3.8, 4) is 0 Å². The molecule has 0 fully saturated rings. The van der Waals surface area contributed by atoms with Gasteiger partial charge in [0.2, 0.25) is 5.95 Å². The zero-order valence-corrected chi connectivity index (χ0v) is 15.8. The number of rotatable bonds is 6. The molecule has 0 spiro atoms. The number of H-pyrrole nitrogens is 1. The van der Waals surface area contributed by atoms with Gasteiger partial charge in [-0.3, -0.25) is 9.78 Å². The van der Waals surface area contributed by atoms with Crippen LogP contribution in [0.5, 0.6) is 0 Å². The number of oxazole rings is 1. The highest BCUT2D eigenvalue weighted by Crippen LogP contribution is 2.23. The van der Waals surface area contributed by atoms with E-state index in [1.807, 2.05) is 6.92 Å². The molecule has 0 atom stereocenters. The second-order valence-corrected chi connectivity index (χ2v) is 6.30. The van der Waals surface area contributed by atoms with E-state index < -0.39 is 11.6 Å². The topological polar surface area (TPSA) is 125 Å². The molecule has 0 saturated heterocycles. The number of aromatic nitrogens is 3. The average Bonchev–Trinajstić information content (AvgIpc) is 3.10. The summed E-state index contributed by atoms with van der Waals surface area (Å²) >= 11 is 0. The largest absolute Gasteiger partial charge is 0.417 e. The first-order valence-electron chi connectivity index (χ1n) is 9.09. The number of carbonyl (C=O) groups is 1. The third kappa shape index (κ3) is 4.12. The van der Waals surface area contributed by atoms with Crippen molar-refractivity contribution in [1.29, 1.82) is 0 Å². The number of nitrogens with zero attached hydrogens (tertiary/aromatic N) is 2. The molecule has 2 aromatic heterocycles. The van der Waals surface area contributed by atoms with E-state index in [9.17, 15) is 14.0 Å². The molecule has 4 rings (SSSR count). The van der Waals surface area contributed by atoms with E-state index in [0.29, 0.717) is 34.6 Å². The third-order valence-corrected chi connectivity index (χ3v) is 4.17. The van der Waals surface area contributed by atoms with E-state index in [1.54, 1.807) is 42.5 Å². The second kappa shape index (κ2) is 8.03. The molecular weight excluding hydrogens is 391 g/mol. The van der Waals surface area contributed by atoms with Crippen molar-refractivity contribution in [2.75, 3.05) is 17.2 Å². The van der Waals surface area contributed by atoms with Gasteiger partial charge in [0.1, 0.15) is 0 Å². The highest BCUT2D eigenvalue weighted by molar-refractivity contribution is 5.94. The van der Waals surface area contributed by atoms with Gasteiger partial charge in [-0.25, -0.2) is 14.2 Å². The molecule has 9 nitrogen and oxygen atoms in total. The normalized spacial score (nSPS) is 10.7. The number of carbonyl (C=O) groups excluding carboxylic acids is 1. The lowest BCUT2D eigenvalue weighted by Gasteiger charge is -2.10. The van der Waals surface area contributed by atoms with Gasteiger partial charge in [0.05, 0.1) is 11.7 Å². The first-order valence-corrected chi connectivity index (χ1v) is 9.09. The van der Waals surface area contributed by atoms with Crippen LogP contribution in [0.2, 0.25) is 0 Å². The Hall–Kier alpha value is -4.21. The Morgan fingerprint density at radius 3 is 2.67 bits per heavy atom. The van der Waals surface area contributed by atoms with Crippen molar-refractivity contribution in [2.45, 2.75) is 6.92 Å². The Labute approximate surface area is 169 Å². The fourth-order valence-corrected chi connectivity index (χ4v) is 2.78. The molecule has 0 radical (unpaired) electrons. The molecular formula is C20H17FN6O3. The van der Waals surface area contributed by atoms with Gasteiger partial charge in [-0.15, -0.1) is 0 Å². The summed E-state index contributed by atoms with van der Waals surface area (Å²) in [6.07, 6.45) is 1.04. The maximum absolute atomic E-state index is 14.2. The Bertz CT molecular complexity index is 1270. The fourth-order valence-electron chi connectivity index (χ4n) is 2.78. The number of hydrogen-bond acceptors (Lipinski definition) is 7. The molecule has 0 unspecified atom stereocenters. The standard InChI is InChI=1S/C20H17FN6O3/c1-2-22-18(28)11-3-5-12(6-4-11)25-19-23-10-14(21)17(27-19)24-13-7-8-16-15(9-13)26-20(29)30-16/h3-10H,2H2,1H3,(H,22,28)(H,26,29)(H2,23,24,25,27). The second-order valence-electron chi connectivity index (χ2n) is 6.30. The number of fused-ring (bicyclic) bond motifs is 1. The van der Waals surface area contributed by atoms with Gasteiger partial charge < -0.3 is 20.4 Å². The zero-order valence-electron chi connectivity index (χ0n) is 15.8. The van der Waals surface area contributed by atoms with Gasteiger partial charge in [-0.1, -0.05) is 0 Å². The summed E-state index contributed by atoms with van der Waals surface area (Å²) in [5.41, 5.74) is 2.54. The van der Waals surface area contributed by atoms with E-state index in [2.05, 4.69) is 30.9 Å². The van der Waals surface area contributed by atoms with Crippen molar-refractivity contribution in [2.24, 2.45) is 0 Å². The van der Waals surface area contributed by atoms with Crippen LogP contribution in [-0.2, 0) is 0 Å². The lowest BCUT2D eigenvalue weighted by Crippen LogP contribution is -2.22. The molecule has 4 N–H and O–H groups in total. The predicted octanol–water partition coefficient (Wildman–Crippen LogP) is 3.29. The Morgan fingerprint density at radius 1 is 1.13 bits per heavy atom. The summed E-state index contributed by atoms with van der Waals surface area (Å²) in [5, 5.41) is 8.54. The predicted molar refractivity (Wildman–Crippen MR) is 110 cm³/mol. The van der Waals surface area contributed by atoms with Crippen LogP contribution >= 0.6 is 0 Å². The first kappa shape index (κ1) is 19.1. The highest BCUT2D eigenvalue weighted by Gasteiger charge is 2.10. The Morgan fingerprint density at radius 2 is 1.90 bits per heavy atom. The summed E-state index contributed by atoms with van der Waals surface area (Å²) in [7, 11) is 0. The number of halogens is 1. The van der Waals surface area contributed by atoms with E-state index >= 15 is 0 Å². The van der Waals surface area contributed by atoms with Gasteiger partial charge in [0, 0.05) is 23.5 Å². The lowest BCUT2D eigenvalue weighted by atomic mass is 10.2. The van der Waals surface area contributed by atoms with Crippen LogP contribution in [-0.4, -0.2) is 27.4 Å². The quantitative estimate of drug-likeness (QED) is 0.386. The molecule has 0 aliphatic rings. The van der Waals surface area contributed by atoms with Gasteiger partial charge >= 0.3 is 5.76 Å². The lowest BCUT2D eigenvalue weighted by molar-refractivity contribution is 0.0956. The van der Waals surface area contributed by atoms with E-state index in [4.69, 9.17) is 4.42 Å². The summed E-state index contributed by atoms with van der Waals surface area (Å²) in [5.74, 6) is -1.25. The van der Waals surface area contributed by atoms with Gasteiger partial charge in [0.25, 0.3) is 5.91 Å². The zero-order chi connectivity index (χ0) is 21.1. The summed E-state index contributed by atoms with van der Waals surface area (Å²) in [6.45, 7) is 2.39. The monoisotopic (exact) mass is 408 g/mol. The Kier molecular flexibility index (Phi) is 5.12. The summed E-state index contributed by atoms with van der Waals surface area (Å²) < 4.78 is 19.1. The highest BCUT2D eigenvalue weighted by atomic mass is 19.1. The SMILES string of the molecule is CCNC(=O)c1ccc(Nc2ncc(F)c(Nc3ccc4oc(=O)[nH]c4c3)n2)cc1.